The van der Waals surface area contributed by atoms with Crippen molar-refractivity contribution in [2.45, 2.75) is 9.79 Å². The molecule has 0 unspecified atom stereocenters. The number of rotatable bonds is 5. The molecular formula is C27H17ClN4S2. The third-order valence-electron chi connectivity index (χ3n) is 5.44. The summed E-state index contributed by atoms with van der Waals surface area (Å²) < 4.78 is 1.22. The topological polar surface area (TPSA) is 50.7 Å². The Hall–Kier alpha value is -3.45. The van der Waals surface area contributed by atoms with Crippen LogP contribution in [0.15, 0.2) is 106 Å². The van der Waals surface area contributed by atoms with E-state index < -0.39 is 0 Å². The summed E-state index contributed by atoms with van der Waals surface area (Å²) in [6, 6.07) is 28.3. The fraction of sp³-hybridized carbons (Fsp3) is 0. The maximum Gasteiger partial charge on any atom is 0.161 e. The van der Waals surface area contributed by atoms with Crippen LogP contribution < -0.4 is 5.32 Å². The Bertz CT molecular complexity index is 1630. The van der Waals surface area contributed by atoms with Crippen LogP contribution in [0.3, 0.4) is 0 Å². The third-order valence-corrected chi connectivity index (χ3v) is 7.81. The molecule has 6 rings (SSSR count). The molecule has 164 valence electrons. The van der Waals surface area contributed by atoms with Crippen LogP contribution in [-0.4, -0.2) is 15.2 Å². The van der Waals surface area contributed by atoms with Crippen LogP contribution in [0.25, 0.3) is 32.2 Å². The van der Waals surface area contributed by atoms with Gasteiger partial charge in [-0.05, 0) is 53.9 Å². The van der Waals surface area contributed by atoms with E-state index in [1.807, 2.05) is 42.6 Å². The first-order valence-electron chi connectivity index (χ1n) is 10.6. The predicted octanol–water partition coefficient (Wildman–Crippen LogP) is 8.45. The zero-order chi connectivity index (χ0) is 22.9. The van der Waals surface area contributed by atoms with Crippen LogP contribution in [0.2, 0.25) is 5.02 Å². The Morgan fingerprint density at radius 1 is 0.824 bits per heavy atom. The Morgan fingerprint density at radius 3 is 2.53 bits per heavy atom. The summed E-state index contributed by atoms with van der Waals surface area (Å²) in [4.78, 5) is 6.81. The highest BCUT2D eigenvalue weighted by Crippen LogP contribution is 2.36. The first-order valence-corrected chi connectivity index (χ1v) is 12.7. The number of nitrogens with one attached hydrogen (secondary N) is 1. The number of benzene rings is 3. The van der Waals surface area contributed by atoms with Gasteiger partial charge in [-0.2, -0.15) is 0 Å². The lowest BCUT2D eigenvalue weighted by Crippen LogP contribution is -1.99. The second-order valence-corrected chi connectivity index (χ2v) is 10.1. The van der Waals surface area contributed by atoms with Crippen LogP contribution >= 0.6 is 34.7 Å². The summed E-state index contributed by atoms with van der Waals surface area (Å²) >= 11 is 9.67. The van der Waals surface area contributed by atoms with E-state index in [1.54, 1.807) is 23.1 Å². The van der Waals surface area contributed by atoms with E-state index in [9.17, 15) is 0 Å². The quantitative estimate of drug-likeness (QED) is 0.259. The number of hydrogen-bond donors (Lipinski definition) is 1. The number of pyridine rings is 1. The number of fused-ring (bicyclic) bond motifs is 2. The van der Waals surface area contributed by atoms with Crippen LogP contribution in [0.1, 0.15) is 0 Å². The van der Waals surface area contributed by atoms with Crippen molar-refractivity contribution in [2.24, 2.45) is 0 Å². The van der Waals surface area contributed by atoms with Gasteiger partial charge in [0.25, 0.3) is 0 Å². The molecule has 0 aliphatic rings. The number of nitrogens with zero attached hydrogens (tertiary/aromatic N) is 3. The number of anilines is 2. The molecule has 0 spiro atoms. The molecule has 0 aliphatic heterocycles. The van der Waals surface area contributed by atoms with Crippen molar-refractivity contribution in [3.8, 4) is 11.3 Å². The monoisotopic (exact) mass is 496 g/mol. The molecule has 0 amide bonds. The van der Waals surface area contributed by atoms with E-state index in [1.165, 1.54) is 14.5 Å². The van der Waals surface area contributed by atoms with Crippen molar-refractivity contribution < 1.29 is 0 Å². The van der Waals surface area contributed by atoms with Crippen molar-refractivity contribution in [1.82, 2.24) is 15.2 Å². The average Bonchev–Trinajstić information content (AvgIpc) is 3.36. The van der Waals surface area contributed by atoms with Gasteiger partial charge in [-0.15, -0.1) is 21.5 Å². The van der Waals surface area contributed by atoms with Crippen LogP contribution in [-0.2, 0) is 0 Å². The van der Waals surface area contributed by atoms with Crippen molar-refractivity contribution in [3.63, 3.8) is 0 Å². The van der Waals surface area contributed by atoms with E-state index in [2.05, 4.69) is 74.4 Å². The molecule has 3 aromatic carbocycles. The summed E-state index contributed by atoms with van der Waals surface area (Å²) in [7, 11) is 0. The van der Waals surface area contributed by atoms with Gasteiger partial charge in [0.15, 0.2) is 5.82 Å². The predicted molar refractivity (Wildman–Crippen MR) is 143 cm³/mol. The second-order valence-electron chi connectivity index (χ2n) is 7.65. The normalized spacial score (nSPS) is 11.2. The van der Waals surface area contributed by atoms with Crippen molar-refractivity contribution in [3.05, 3.63) is 102 Å². The fourth-order valence-electron chi connectivity index (χ4n) is 3.85. The van der Waals surface area contributed by atoms with E-state index in [0.717, 1.165) is 39.1 Å². The largest absolute Gasteiger partial charge is 0.338 e. The minimum atomic E-state index is 0.676. The molecule has 0 bridgehead atoms. The molecule has 0 saturated heterocycles. The molecule has 3 heterocycles. The minimum absolute atomic E-state index is 0.676. The average molecular weight is 497 g/mol. The van der Waals surface area contributed by atoms with Crippen LogP contribution in [0, 0.1) is 0 Å². The lowest BCUT2D eigenvalue weighted by atomic mass is 10.0. The van der Waals surface area contributed by atoms with E-state index in [4.69, 9.17) is 11.6 Å². The zero-order valence-corrected chi connectivity index (χ0v) is 20.2. The Kier molecular flexibility index (Phi) is 5.63. The molecule has 4 nitrogen and oxygen atoms in total. The summed E-state index contributed by atoms with van der Waals surface area (Å²) in [6.45, 7) is 0. The van der Waals surface area contributed by atoms with Crippen LogP contribution in [0.4, 0.5) is 11.5 Å². The molecule has 6 aromatic rings. The Labute approximate surface area is 209 Å². The molecule has 0 fully saturated rings. The highest BCUT2D eigenvalue weighted by atomic mass is 35.5. The van der Waals surface area contributed by atoms with Gasteiger partial charge < -0.3 is 5.32 Å². The summed E-state index contributed by atoms with van der Waals surface area (Å²) in [5.74, 6) is 0.719. The molecule has 7 heteroatoms. The lowest BCUT2D eigenvalue weighted by molar-refractivity contribution is 1.06. The highest BCUT2D eigenvalue weighted by molar-refractivity contribution is 7.99. The van der Waals surface area contributed by atoms with Gasteiger partial charge in [0, 0.05) is 43.0 Å². The molecule has 34 heavy (non-hydrogen) atoms. The number of hydrogen-bond acceptors (Lipinski definition) is 6. The number of thiophene rings is 1. The molecule has 0 aliphatic carbocycles. The van der Waals surface area contributed by atoms with E-state index in [0.29, 0.717) is 5.02 Å². The first kappa shape index (κ1) is 21.1. The van der Waals surface area contributed by atoms with Gasteiger partial charge >= 0.3 is 0 Å². The summed E-state index contributed by atoms with van der Waals surface area (Å²) in [5, 5.41) is 17.3. The standard InChI is InChI=1S/C27H17ClN4S2/c28-18-5-3-4-17(16-18)25-21-6-1-2-7-22(21)27(32-31-25)30-19-8-10-20(11-9-19)34-24-12-14-29-23-13-15-33-26(23)24/h1-16H,(H,30,32). The van der Waals surface area contributed by atoms with Gasteiger partial charge in [-0.3, -0.25) is 4.98 Å². The highest BCUT2D eigenvalue weighted by Gasteiger charge is 2.12. The molecule has 0 radical (unpaired) electrons. The van der Waals surface area contributed by atoms with Crippen molar-refractivity contribution in [1.29, 1.82) is 0 Å². The smallest absolute Gasteiger partial charge is 0.161 e. The molecule has 0 saturated carbocycles. The Balaban J connectivity index is 1.29. The zero-order valence-electron chi connectivity index (χ0n) is 17.8. The summed E-state index contributed by atoms with van der Waals surface area (Å²) in [6.07, 6.45) is 1.87. The minimum Gasteiger partial charge on any atom is -0.338 e. The lowest BCUT2D eigenvalue weighted by Gasteiger charge is -2.12. The summed E-state index contributed by atoms with van der Waals surface area (Å²) in [5.41, 5.74) is 3.75. The van der Waals surface area contributed by atoms with Gasteiger partial charge in [0.2, 0.25) is 0 Å². The van der Waals surface area contributed by atoms with Gasteiger partial charge in [0.1, 0.15) is 5.69 Å². The molecule has 0 atom stereocenters. The molecule has 3 aromatic heterocycles. The first-order chi connectivity index (χ1) is 16.7. The SMILES string of the molecule is Clc1cccc(-c2nnc(Nc3ccc(Sc4ccnc5ccsc45)cc3)c3ccccc23)c1. The number of aromatic nitrogens is 3. The number of halogens is 1. The Morgan fingerprint density at radius 2 is 1.68 bits per heavy atom. The van der Waals surface area contributed by atoms with Gasteiger partial charge in [0.05, 0.1) is 10.2 Å². The van der Waals surface area contributed by atoms with Crippen LogP contribution in [0.5, 0.6) is 0 Å². The van der Waals surface area contributed by atoms with Gasteiger partial charge in [-0.25, -0.2) is 0 Å². The second kappa shape index (κ2) is 9.06. The maximum absolute atomic E-state index is 6.21. The van der Waals surface area contributed by atoms with Crippen molar-refractivity contribution >= 4 is 67.2 Å². The molecule has 1 N–H and O–H groups in total. The van der Waals surface area contributed by atoms with Gasteiger partial charge in [-0.1, -0.05) is 59.8 Å². The molecular weight excluding hydrogens is 480 g/mol. The maximum atomic E-state index is 6.21. The van der Waals surface area contributed by atoms with E-state index in [-0.39, 0.29) is 0 Å². The fourth-order valence-corrected chi connectivity index (χ4v) is 5.92. The third kappa shape index (κ3) is 4.12. The van der Waals surface area contributed by atoms with Crippen molar-refractivity contribution in [2.75, 3.05) is 5.32 Å². The van der Waals surface area contributed by atoms with E-state index >= 15 is 0 Å².